The van der Waals surface area contributed by atoms with E-state index in [2.05, 4.69) is 26.0 Å². The highest BCUT2D eigenvalue weighted by Crippen LogP contribution is 2.31. The van der Waals surface area contributed by atoms with Gasteiger partial charge in [0.2, 0.25) is 0 Å². The summed E-state index contributed by atoms with van der Waals surface area (Å²) in [4.78, 5) is 17.3. The number of nitrogens with one attached hydrogen (secondary N) is 3. The van der Waals surface area contributed by atoms with Gasteiger partial charge in [-0.3, -0.25) is 14.5 Å². The minimum atomic E-state index is -0.378. The van der Waals surface area contributed by atoms with Crippen molar-refractivity contribution in [3.05, 3.63) is 65.2 Å². The molecule has 0 fully saturated rings. The largest absolute Gasteiger partial charge is 0.366 e. The van der Waals surface area contributed by atoms with E-state index in [1.54, 1.807) is 30.2 Å². The predicted octanol–water partition coefficient (Wildman–Crippen LogP) is 2.64. The van der Waals surface area contributed by atoms with Gasteiger partial charge in [0.1, 0.15) is 18.2 Å². The lowest BCUT2D eigenvalue weighted by molar-refractivity contribution is -0.110. The monoisotopic (exact) mass is 390 g/mol. The Bertz CT molecular complexity index is 1170. The minimum absolute atomic E-state index is 0.218. The average molecular weight is 390 g/mol. The van der Waals surface area contributed by atoms with E-state index in [4.69, 9.17) is 0 Å². The van der Waals surface area contributed by atoms with Gasteiger partial charge in [-0.05, 0) is 35.4 Å². The maximum absolute atomic E-state index is 14.7. The second kappa shape index (κ2) is 6.82. The van der Waals surface area contributed by atoms with E-state index in [1.807, 2.05) is 18.2 Å². The Morgan fingerprint density at radius 1 is 1.17 bits per heavy atom. The van der Waals surface area contributed by atoms with Gasteiger partial charge in [-0.2, -0.15) is 5.10 Å². The van der Waals surface area contributed by atoms with Crippen LogP contribution in [0.2, 0.25) is 0 Å². The van der Waals surface area contributed by atoms with Crippen molar-refractivity contribution in [2.24, 2.45) is 12.0 Å². The summed E-state index contributed by atoms with van der Waals surface area (Å²) in [6, 6.07) is 8.93. The number of rotatable bonds is 3. The fourth-order valence-electron chi connectivity index (χ4n) is 3.74. The van der Waals surface area contributed by atoms with Crippen molar-refractivity contribution in [3.8, 4) is 11.1 Å². The van der Waals surface area contributed by atoms with Crippen LogP contribution in [0.25, 0.3) is 11.1 Å². The molecule has 0 atom stereocenters. The van der Waals surface area contributed by atoms with Crippen LogP contribution in [0.3, 0.4) is 0 Å². The second-order valence-corrected chi connectivity index (χ2v) is 7.16. The Morgan fingerprint density at radius 2 is 2.03 bits per heavy atom. The molecular weight excluding hydrogens is 371 g/mol. The Balaban J connectivity index is 1.47. The van der Waals surface area contributed by atoms with Crippen molar-refractivity contribution in [3.63, 3.8) is 0 Å². The lowest BCUT2D eigenvalue weighted by Crippen LogP contribution is -2.28. The molecule has 3 heterocycles. The van der Waals surface area contributed by atoms with E-state index in [-0.39, 0.29) is 24.1 Å². The fourth-order valence-corrected chi connectivity index (χ4v) is 3.74. The van der Waals surface area contributed by atoms with Crippen LogP contribution >= 0.6 is 0 Å². The summed E-state index contributed by atoms with van der Waals surface area (Å²) >= 11 is 0. The van der Waals surface area contributed by atoms with Gasteiger partial charge in [-0.25, -0.2) is 4.39 Å². The number of aryl methyl sites for hydroxylation is 1. The van der Waals surface area contributed by atoms with Gasteiger partial charge in [-0.1, -0.05) is 6.07 Å². The predicted molar refractivity (Wildman–Crippen MR) is 109 cm³/mol. The molecule has 0 bridgehead atoms. The molecule has 0 spiro atoms. The van der Waals surface area contributed by atoms with E-state index in [1.165, 1.54) is 17.2 Å². The van der Waals surface area contributed by atoms with Gasteiger partial charge < -0.3 is 16.0 Å². The first-order valence-electron chi connectivity index (χ1n) is 9.33. The third-order valence-corrected chi connectivity index (χ3v) is 5.20. The fraction of sp³-hybridized carbons (Fsp3) is 0.190. The maximum atomic E-state index is 14.7. The normalized spacial score (nSPS) is 14.6. The number of nitrogens with zero attached hydrogens (tertiary/aromatic N) is 3. The number of halogens is 1. The number of aromatic nitrogens is 2. The zero-order valence-corrected chi connectivity index (χ0v) is 15.8. The van der Waals surface area contributed by atoms with Crippen LogP contribution in [-0.2, 0) is 24.9 Å². The first-order valence-corrected chi connectivity index (χ1v) is 9.33. The van der Waals surface area contributed by atoms with Crippen LogP contribution in [0, 0.1) is 5.82 Å². The van der Waals surface area contributed by atoms with Gasteiger partial charge in [-0.15, -0.1) is 0 Å². The van der Waals surface area contributed by atoms with Crippen LogP contribution < -0.4 is 16.0 Å². The van der Waals surface area contributed by atoms with Crippen LogP contribution in [-0.4, -0.2) is 28.1 Å². The third-order valence-electron chi connectivity index (χ3n) is 5.20. The summed E-state index contributed by atoms with van der Waals surface area (Å²) in [5.41, 5.74) is 5.55. The Hall–Kier alpha value is -3.52. The molecule has 8 heteroatoms. The molecule has 2 aliphatic heterocycles. The molecule has 146 valence electrons. The number of hydrogen-bond donors (Lipinski definition) is 3. The zero-order chi connectivity index (χ0) is 20.0. The number of anilines is 2. The van der Waals surface area contributed by atoms with Crippen LogP contribution in [0.15, 0.2) is 47.7 Å². The molecule has 0 saturated carbocycles. The van der Waals surface area contributed by atoms with Gasteiger partial charge in [0, 0.05) is 54.4 Å². The van der Waals surface area contributed by atoms with Crippen molar-refractivity contribution in [1.29, 1.82) is 0 Å². The van der Waals surface area contributed by atoms with E-state index >= 15 is 0 Å². The number of hydrogen-bond acceptors (Lipinski definition) is 5. The molecule has 2 aromatic carbocycles. The quantitative estimate of drug-likeness (QED) is 0.642. The molecule has 5 rings (SSSR count). The maximum Gasteiger partial charge on any atom is 0.274 e. The van der Waals surface area contributed by atoms with Crippen molar-refractivity contribution >= 4 is 23.0 Å². The molecule has 3 aromatic rings. The number of amides is 1. The standard InChI is InChI=1S/C21H19FN6O/c1-28-10-14(9-26-28)16-5-17-19(6-18(16)22)24-11-25-20(17)21(29)27-15-3-2-12-7-23-8-13(12)4-15/h2-6,9-10,23-24H,7-8,11H2,1H3,(H,27,29). The summed E-state index contributed by atoms with van der Waals surface area (Å²) in [7, 11) is 1.77. The highest BCUT2D eigenvalue weighted by Gasteiger charge is 2.24. The second-order valence-electron chi connectivity index (χ2n) is 7.16. The Morgan fingerprint density at radius 3 is 2.86 bits per heavy atom. The van der Waals surface area contributed by atoms with E-state index in [0.29, 0.717) is 22.4 Å². The first kappa shape index (κ1) is 17.6. The molecule has 0 radical (unpaired) electrons. The van der Waals surface area contributed by atoms with Crippen LogP contribution in [0.4, 0.5) is 15.8 Å². The van der Waals surface area contributed by atoms with E-state index in [0.717, 1.165) is 18.8 Å². The van der Waals surface area contributed by atoms with Gasteiger partial charge >= 0.3 is 0 Å². The van der Waals surface area contributed by atoms with Gasteiger partial charge in [0.25, 0.3) is 5.91 Å². The number of aliphatic imine (C=N–C) groups is 1. The van der Waals surface area contributed by atoms with Crippen LogP contribution in [0.1, 0.15) is 16.7 Å². The Labute approximate surface area is 166 Å². The van der Waals surface area contributed by atoms with Gasteiger partial charge in [0.15, 0.2) is 0 Å². The molecule has 29 heavy (non-hydrogen) atoms. The molecule has 0 aliphatic carbocycles. The molecule has 0 saturated heterocycles. The Kier molecular flexibility index (Phi) is 4.13. The summed E-state index contributed by atoms with van der Waals surface area (Å²) < 4.78 is 16.3. The zero-order valence-electron chi connectivity index (χ0n) is 15.8. The highest BCUT2D eigenvalue weighted by atomic mass is 19.1. The minimum Gasteiger partial charge on any atom is -0.366 e. The third kappa shape index (κ3) is 3.17. The lowest BCUT2D eigenvalue weighted by atomic mass is 9.99. The molecule has 7 nitrogen and oxygen atoms in total. The molecular formula is C21H19FN6O. The summed E-state index contributed by atoms with van der Waals surface area (Å²) in [6.07, 6.45) is 3.33. The van der Waals surface area contributed by atoms with E-state index in [9.17, 15) is 9.18 Å². The van der Waals surface area contributed by atoms with Gasteiger partial charge in [0.05, 0.1) is 6.20 Å². The number of carbonyl (C=O) groups excluding carboxylic acids is 1. The number of benzene rings is 2. The molecule has 1 aromatic heterocycles. The smallest absolute Gasteiger partial charge is 0.274 e. The number of fused-ring (bicyclic) bond motifs is 2. The summed E-state index contributed by atoms with van der Waals surface area (Å²) in [6.45, 7) is 1.86. The van der Waals surface area contributed by atoms with Crippen molar-refractivity contribution < 1.29 is 9.18 Å². The first-order chi connectivity index (χ1) is 14.1. The highest BCUT2D eigenvalue weighted by molar-refractivity contribution is 6.50. The van der Waals surface area contributed by atoms with Crippen molar-refractivity contribution in [2.75, 3.05) is 17.3 Å². The summed E-state index contributed by atoms with van der Waals surface area (Å²) in [5.74, 6) is -0.695. The molecule has 3 N–H and O–H groups in total. The van der Waals surface area contributed by atoms with E-state index < -0.39 is 0 Å². The van der Waals surface area contributed by atoms with Crippen molar-refractivity contribution in [2.45, 2.75) is 13.1 Å². The van der Waals surface area contributed by atoms with Crippen LogP contribution in [0.5, 0.6) is 0 Å². The average Bonchev–Trinajstić information content (AvgIpc) is 3.35. The lowest BCUT2D eigenvalue weighted by Gasteiger charge is -2.19. The summed E-state index contributed by atoms with van der Waals surface area (Å²) in [5, 5.41) is 13.3. The number of carbonyl (C=O) groups is 1. The molecule has 2 aliphatic rings. The van der Waals surface area contributed by atoms with Crippen molar-refractivity contribution in [1.82, 2.24) is 15.1 Å². The topological polar surface area (TPSA) is 83.3 Å². The SMILES string of the molecule is Cn1cc(-c2cc3c(cc2F)NCN=C3C(=O)Nc2ccc3c(c2)CNC3)cn1. The molecule has 1 amide bonds. The molecule has 0 unspecified atom stereocenters.